The van der Waals surface area contributed by atoms with Crippen LogP contribution in [0.3, 0.4) is 0 Å². The zero-order valence-corrected chi connectivity index (χ0v) is 18.8. The summed E-state index contributed by atoms with van der Waals surface area (Å²) in [5.41, 5.74) is 1.07. The van der Waals surface area contributed by atoms with Crippen LogP contribution in [0.1, 0.15) is 46.0 Å². The van der Waals surface area contributed by atoms with Gasteiger partial charge in [-0.2, -0.15) is 0 Å². The summed E-state index contributed by atoms with van der Waals surface area (Å²) >= 11 is 6.08. The van der Waals surface area contributed by atoms with Gasteiger partial charge in [-0.15, -0.1) is 0 Å². The predicted octanol–water partition coefficient (Wildman–Crippen LogP) is 3.17. The molecule has 1 aliphatic carbocycles. The number of nitrogens with one attached hydrogen (secondary N) is 2. The zero-order valence-electron chi connectivity index (χ0n) is 17.2. The number of sulfonamides is 1. The molecular formula is C21H32ClN3O3S. The smallest absolute Gasteiger partial charge is 0.225 e. The van der Waals surface area contributed by atoms with Crippen LogP contribution in [0.25, 0.3) is 0 Å². The Bertz CT molecular complexity index is 807. The summed E-state index contributed by atoms with van der Waals surface area (Å²) in [5, 5.41) is 3.53. The van der Waals surface area contributed by atoms with Gasteiger partial charge < -0.3 is 10.2 Å². The third-order valence-corrected chi connectivity index (χ3v) is 8.16. The van der Waals surface area contributed by atoms with E-state index in [9.17, 15) is 13.2 Å². The molecule has 29 heavy (non-hydrogen) atoms. The van der Waals surface area contributed by atoms with E-state index >= 15 is 0 Å². The lowest BCUT2D eigenvalue weighted by atomic mass is 9.86. The molecule has 1 atom stereocenters. The lowest BCUT2D eigenvalue weighted by Crippen LogP contribution is -2.43. The van der Waals surface area contributed by atoms with Gasteiger partial charge in [0.15, 0.2) is 0 Å². The molecule has 2 N–H and O–H groups in total. The molecule has 8 heteroatoms. The molecule has 0 aromatic heterocycles. The molecule has 1 heterocycles. The van der Waals surface area contributed by atoms with Crippen molar-refractivity contribution in [2.45, 2.75) is 57.2 Å². The van der Waals surface area contributed by atoms with Gasteiger partial charge in [-0.05, 0) is 70.1 Å². The van der Waals surface area contributed by atoms with Crippen molar-refractivity contribution in [3.05, 3.63) is 29.3 Å². The number of carbonyl (C=O) groups excluding carboxylic acids is 1. The van der Waals surface area contributed by atoms with Gasteiger partial charge in [0.25, 0.3) is 0 Å². The van der Waals surface area contributed by atoms with Crippen molar-refractivity contribution in [2.75, 3.05) is 24.5 Å². The van der Waals surface area contributed by atoms with Crippen molar-refractivity contribution >= 4 is 33.2 Å². The van der Waals surface area contributed by atoms with Gasteiger partial charge in [0.1, 0.15) is 0 Å². The highest BCUT2D eigenvalue weighted by molar-refractivity contribution is 7.90. The molecule has 6 nitrogen and oxygen atoms in total. The lowest BCUT2D eigenvalue weighted by Gasteiger charge is -2.30. The average Bonchev–Trinajstić information content (AvgIpc) is 3.18. The van der Waals surface area contributed by atoms with Crippen LogP contribution >= 0.6 is 11.6 Å². The van der Waals surface area contributed by atoms with Crippen LogP contribution in [-0.2, 0) is 14.8 Å². The van der Waals surface area contributed by atoms with Gasteiger partial charge in [0, 0.05) is 36.4 Å². The summed E-state index contributed by atoms with van der Waals surface area (Å²) in [5.74, 6) is 0.490. The molecule has 0 spiro atoms. The second-order valence-corrected chi connectivity index (χ2v) is 11.3. The highest BCUT2D eigenvalue weighted by Gasteiger charge is 2.31. The molecule has 2 aliphatic rings. The van der Waals surface area contributed by atoms with Crippen LogP contribution in [0.15, 0.2) is 24.3 Å². The van der Waals surface area contributed by atoms with Crippen LogP contribution < -0.4 is 14.9 Å². The van der Waals surface area contributed by atoms with Crippen molar-refractivity contribution in [1.29, 1.82) is 0 Å². The van der Waals surface area contributed by atoms with Crippen molar-refractivity contribution in [2.24, 2.45) is 11.8 Å². The van der Waals surface area contributed by atoms with Gasteiger partial charge in [-0.25, -0.2) is 13.1 Å². The maximum absolute atomic E-state index is 12.7. The summed E-state index contributed by atoms with van der Waals surface area (Å²) in [7, 11) is -3.20. The Morgan fingerprint density at radius 1 is 1.21 bits per heavy atom. The monoisotopic (exact) mass is 441 g/mol. The number of rotatable bonds is 7. The minimum absolute atomic E-state index is 0.00422. The first kappa shape index (κ1) is 22.4. The summed E-state index contributed by atoms with van der Waals surface area (Å²) in [6, 6.07) is 7.96. The second-order valence-electron chi connectivity index (χ2n) is 8.58. The van der Waals surface area contributed by atoms with E-state index in [1.54, 1.807) is 13.8 Å². The fourth-order valence-corrected chi connectivity index (χ4v) is 5.10. The molecule has 1 aliphatic heterocycles. The third-order valence-electron chi connectivity index (χ3n) is 6.12. The van der Waals surface area contributed by atoms with Crippen molar-refractivity contribution in [3.8, 4) is 0 Å². The van der Waals surface area contributed by atoms with E-state index < -0.39 is 15.3 Å². The Labute approximate surface area is 179 Å². The van der Waals surface area contributed by atoms with Crippen LogP contribution in [-0.4, -0.2) is 45.3 Å². The molecular weight excluding hydrogens is 410 g/mol. The molecule has 1 aromatic rings. The van der Waals surface area contributed by atoms with Gasteiger partial charge >= 0.3 is 0 Å². The van der Waals surface area contributed by atoms with Gasteiger partial charge in [0.2, 0.25) is 15.9 Å². The first-order valence-electron chi connectivity index (χ1n) is 10.5. The van der Waals surface area contributed by atoms with Gasteiger partial charge in [0.05, 0.1) is 11.2 Å². The number of hydrogen-bond acceptors (Lipinski definition) is 4. The van der Waals surface area contributed by atoms with Crippen molar-refractivity contribution < 1.29 is 13.2 Å². The van der Waals surface area contributed by atoms with E-state index in [1.807, 2.05) is 24.3 Å². The molecule has 1 aromatic carbocycles. The van der Waals surface area contributed by atoms with Crippen LogP contribution in [0.2, 0.25) is 5.02 Å². The standard InChI is InChI=1S/C21H32ClN3O3S/c1-15(2)29(27,28)23-13-16-6-8-19(9-7-16)24-21(26)17-10-11-25(14-17)20-5-3-4-18(22)12-20/h3-5,12,15-17,19,23H,6-11,13-14H2,1-2H3,(H,24,26). The predicted molar refractivity (Wildman–Crippen MR) is 118 cm³/mol. The van der Waals surface area contributed by atoms with Crippen molar-refractivity contribution in [3.63, 3.8) is 0 Å². The topological polar surface area (TPSA) is 78.5 Å². The van der Waals surface area contributed by atoms with E-state index in [0.717, 1.165) is 50.9 Å². The van der Waals surface area contributed by atoms with Crippen LogP contribution in [0.4, 0.5) is 5.69 Å². The first-order chi connectivity index (χ1) is 13.7. The SMILES string of the molecule is CC(C)S(=O)(=O)NCC1CCC(NC(=O)C2CCN(c3cccc(Cl)c3)C2)CC1. The van der Waals surface area contributed by atoms with Gasteiger partial charge in [-0.1, -0.05) is 17.7 Å². The Balaban J connectivity index is 1.41. The molecule has 1 unspecified atom stereocenters. The molecule has 1 saturated heterocycles. The summed E-state index contributed by atoms with van der Waals surface area (Å²) < 4.78 is 26.5. The normalized spacial score (nSPS) is 25.4. The van der Waals surface area contributed by atoms with E-state index in [1.165, 1.54) is 0 Å². The van der Waals surface area contributed by atoms with E-state index in [4.69, 9.17) is 11.6 Å². The molecule has 162 valence electrons. The van der Waals surface area contributed by atoms with Crippen LogP contribution in [0.5, 0.6) is 0 Å². The number of carbonyl (C=O) groups is 1. The number of hydrogen-bond donors (Lipinski definition) is 2. The second kappa shape index (κ2) is 9.67. The maximum atomic E-state index is 12.7. The third kappa shape index (κ3) is 6.09. The number of anilines is 1. The van der Waals surface area contributed by atoms with Gasteiger partial charge in [-0.3, -0.25) is 4.79 Å². The Kier molecular flexibility index (Phi) is 7.46. The van der Waals surface area contributed by atoms with E-state index in [0.29, 0.717) is 17.5 Å². The fraction of sp³-hybridized carbons (Fsp3) is 0.667. The zero-order chi connectivity index (χ0) is 21.0. The highest BCUT2D eigenvalue weighted by Crippen LogP contribution is 2.28. The van der Waals surface area contributed by atoms with Crippen molar-refractivity contribution in [1.82, 2.24) is 10.0 Å². The average molecular weight is 442 g/mol. The minimum atomic E-state index is -3.20. The van der Waals surface area contributed by atoms with E-state index in [-0.39, 0.29) is 17.9 Å². The molecule has 1 saturated carbocycles. The first-order valence-corrected chi connectivity index (χ1v) is 12.5. The Morgan fingerprint density at radius 3 is 2.59 bits per heavy atom. The highest BCUT2D eigenvalue weighted by atomic mass is 35.5. The molecule has 3 rings (SSSR count). The fourth-order valence-electron chi connectivity index (χ4n) is 4.11. The van der Waals surface area contributed by atoms with Crippen LogP contribution in [0, 0.1) is 11.8 Å². The molecule has 1 amide bonds. The molecule has 0 bridgehead atoms. The minimum Gasteiger partial charge on any atom is -0.371 e. The number of benzene rings is 1. The lowest BCUT2D eigenvalue weighted by molar-refractivity contribution is -0.125. The Morgan fingerprint density at radius 2 is 1.93 bits per heavy atom. The summed E-state index contributed by atoms with van der Waals surface area (Å²) in [6.45, 7) is 5.45. The maximum Gasteiger partial charge on any atom is 0.225 e. The number of amides is 1. The van der Waals surface area contributed by atoms with E-state index in [2.05, 4.69) is 14.9 Å². The number of halogens is 1. The summed E-state index contributed by atoms with van der Waals surface area (Å²) in [4.78, 5) is 14.9. The largest absolute Gasteiger partial charge is 0.371 e. The number of nitrogens with zero attached hydrogens (tertiary/aromatic N) is 1. The molecule has 2 fully saturated rings. The quantitative estimate of drug-likeness (QED) is 0.681. The summed E-state index contributed by atoms with van der Waals surface area (Å²) in [6.07, 6.45) is 4.54. The molecule has 0 radical (unpaired) electrons. The Hall–Kier alpha value is -1.31.